The van der Waals surface area contributed by atoms with E-state index in [1.54, 1.807) is 0 Å². The van der Waals surface area contributed by atoms with Gasteiger partial charge in [-0.15, -0.1) is 0 Å². The number of hydrogen-bond acceptors (Lipinski definition) is 4. The van der Waals surface area contributed by atoms with Crippen LogP contribution in [0.25, 0.3) is 0 Å². The molecule has 1 rings (SSSR count). The summed E-state index contributed by atoms with van der Waals surface area (Å²) in [7, 11) is 0. The molecule has 1 fully saturated rings. The third-order valence-corrected chi connectivity index (χ3v) is 3.45. The molecule has 0 heterocycles. The molecular weight excluding hydrogens is 232 g/mol. The minimum atomic E-state index is -0.346. The standard InChI is InChI=1S/C13H26N2O3/c1-3-17-12(18-4-2)9-15-13(16)11-7-5-6-10(11)8-14/h10-12H,3-9,14H2,1-2H3,(H,15,16). The van der Waals surface area contributed by atoms with Crippen molar-refractivity contribution >= 4 is 5.91 Å². The molecular formula is C13H26N2O3. The fourth-order valence-electron chi connectivity index (χ4n) is 2.52. The highest BCUT2D eigenvalue weighted by Gasteiger charge is 2.31. The van der Waals surface area contributed by atoms with E-state index in [1.165, 1.54) is 0 Å². The SMILES string of the molecule is CCOC(CNC(=O)C1CCCC1CN)OCC. The molecule has 2 unspecified atom stereocenters. The van der Waals surface area contributed by atoms with Crippen molar-refractivity contribution in [2.45, 2.75) is 39.4 Å². The van der Waals surface area contributed by atoms with Crippen LogP contribution in [-0.2, 0) is 14.3 Å². The number of ether oxygens (including phenoxy) is 2. The molecule has 106 valence electrons. The zero-order valence-electron chi connectivity index (χ0n) is 11.5. The van der Waals surface area contributed by atoms with Crippen LogP contribution >= 0.6 is 0 Å². The summed E-state index contributed by atoms with van der Waals surface area (Å²) in [4.78, 5) is 12.0. The van der Waals surface area contributed by atoms with Gasteiger partial charge < -0.3 is 20.5 Å². The first kappa shape index (κ1) is 15.4. The van der Waals surface area contributed by atoms with Gasteiger partial charge in [0.1, 0.15) is 0 Å². The second-order valence-electron chi connectivity index (χ2n) is 4.62. The lowest BCUT2D eigenvalue weighted by Gasteiger charge is -2.21. The van der Waals surface area contributed by atoms with Gasteiger partial charge in [0.15, 0.2) is 6.29 Å². The number of amides is 1. The van der Waals surface area contributed by atoms with Gasteiger partial charge in [0.25, 0.3) is 0 Å². The first-order chi connectivity index (χ1) is 8.72. The van der Waals surface area contributed by atoms with Gasteiger partial charge in [-0.2, -0.15) is 0 Å². The minimum absolute atomic E-state index is 0.0684. The summed E-state index contributed by atoms with van der Waals surface area (Å²) in [5, 5.41) is 2.91. The van der Waals surface area contributed by atoms with Crippen LogP contribution < -0.4 is 11.1 Å². The van der Waals surface area contributed by atoms with Crippen molar-refractivity contribution in [3.63, 3.8) is 0 Å². The van der Waals surface area contributed by atoms with E-state index in [2.05, 4.69) is 5.32 Å². The van der Waals surface area contributed by atoms with E-state index in [1.807, 2.05) is 13.8 Å². The summed E-state index contributed by atoms with van der Waals surface area (Å²) in [6, 6.07) is 0. The molecule has 1 aliphatic carbocycles. The van der Waals surface area contributed by atoms with E-state index < -0.39 is 0 Å². The molecule has 1 saturated carbocycles. The molecule has 0 aromatic carbocycles. The topological polar surface area (TPSA) is 73.6 Å². The summed E-state index contributed by atoms with van der Waals surface area (Å²) < 4.78 is 10.8. The Balaban J connectivity index is 2.34. The van der Waals surface area contributed by atoms with Crippen LogP contribution in [0.4, 0.5) is 0 Å². The molecule has 0 saturated heterocycles. The Morgan fingerprint density at radius 2 is 2.00 bits per heavy atom. The predicted molar refractivity (Wildman–Crippen MR) is 69.9 cm³/mol. The molecule has 1 amide bonds. The van der Waals surface area contributed by atoms with Gasteiger partial charge in [-0.05, 0) is 39.2 Å². The van der Waals surface area contributed by atoms with Crippen molar-refractivity contribution in [1.82, 2.24) is 5.32 Å². The van der Waals surface area contributed by atoms with Gasteiger partial charge in [0, 0.05) is 19.1 Å². The van der Waals surface area contributed by atoms with Crippen molar-refractivity contribution in [3.8, 4) is 0 Å². The van der Waals surface area contributed by atoms with Crippen molar-refractivity contribution < 1.29 is 14.3 Å². The molecule has 0 bridgehead atoms. The van der Waals surface area contributed by atoms with Gasteiger partial charge in [-0.3, -0.25) is 4.79 Å². The van der Waals surface area contributed by atoms with E-state index >= 15 is 0 Å². The Morgan fingerprint density at radius 1 is 1.33 bits per heavy atom. The molecule has 0 aromatic heterocycles. The molecule has 0 aromatic rings. The van der Waals surface area contributed by atoms with Crippen LogP contribution in [-0.4, -0.2) is 38.5 Å². The number of nitrogens with two attached hydrogens (primary N) is 1. The molecule has 2 atom stereocenters. The minimum Gasteiger partial charge on any atom is -0.351 e. The third-order valence-electron chi connectivity index (χ3n) is 3.45. The maximum atomic E-state index is 12.0. The van der Waals surface area contributed by atoms with Crippen LogP contribution in [0.3, 0.4) is 0 Å². The van der Waals surface area contributed by atoms with Gasteiger partial charge in [-0.1, -0.05) is 6.42 Å². The van der Waals surface area contributed by atoms with Gasteiger partial charge in [0.05, 0.1) is 6.54 Å². The van der Waals surface area contributed by atoms with E-state index in [0.717, 1.165) is 19.3 Å². The molecule has 1 aliphatic rings. The fraction of sp³-hybridized carbons (Fsp3) is 0.923. The maximum Gasteiger partial charge on any atom is 0.223 e. The zero-order valence-corrected chi connectivity index (χ0v) is 11.5. The van der Waals surface area contributed by atoms with Crippen molar-refractivity contribution in [2.75, 3.05) is 26.3 Å². The molecule has 18 heavy (non-hydrogen) atoms. The van der Waals surface area contributed by atoms with Crippen LogP contribution in [0.5, 0.6) is 0 Å². The normalized spacial score (nSPS) is 23.6. The van der Waals surface area contributed by atoms with Crippen molar-refractivity contribution in [1.29, 1.82) is 0 Å². The Morgan fingerprint density at radius 3 is 2.56 bits per heavy atom. The number of rotatable bonds is 8. The average Bonchev–Trinajstić information content (AvgIpc) is 2.84. The molecule has 5 heteroatoms. The first-order valence-electron chi connectivity index (χ1n) is 6.93. The summed E-state index contributed by atoms with van der Waals surface area (Å²) in [5.41, 5.74) is 5.68. The lowest BCUT2D eigenvalue weighted by Crippen LogP contribution is -2.40. The first-order valence-corrected chi connectivity index (χ1v) is 6.93. The van der Waals surface area contributed by atoms with Crippen LogP contribution in [0, 0.1) is 11.8 Å². The zero-order chi connectivity index (χ0) is 13.4. The summed E-state index contributed by atoms with van der Waals surface area (Å²) in [6.45, 7) is 5.99. The van der Waals surface area contributed by atoms with Gasteiger partial charge in [0.2, 0.25) is 5.91 Å². The number of nitrogens with one attached hydrogen (secondary N) is 1. The Bertz CT molecular complexity index is 242. The Labute approximate surface area is 109 Å². The molecule has 0 radical (unpaired) electrons. The molecule has 0 spiro atoms. The second kappa shape index (κ2) is 8.45. The fourth-order valence-corrected chi connectivity index (χ4v) is 2.52. The van der Waals surface area contributed by atoms with Crippen LogP contribution in [0.1, 0.15) is 33.1 Å². The van der Waals surface area contributed by atoms with Crippen molar-refractivity contribution in [2.24, 2.45) is 17.6 Å². The monoisotopic (exact) mass is 258 g/mol. The Hall–Kier alpha value is -0.650. The highest BCUT2D eigenvalue weighted by molar-refractivity contribution is 5.79. The van der Waals surface area contributed by atoms with Gasteiger partial charge in [-0.25, -0.2) is 0 Å². The third kappa shape index (κ3) is 4.55. The predicted octanol–water partition coefficient (Wildman–Crippen LogP) is 0.877. The molecule has 5 nitrogen and oxygen atoms in total. The van der Waals surface area contributed by atoms with Crippen LogP contribution in [0.15, 0.2) is 0 Å². The number of hydrogen-bond donors (Lipinski definition) is 2. The quantitative estimate of drug-likeness (QED) is 0.634. The van der Waals surface area contributed by atoms with E-state index in [-0.39, 0.29) is 18.1 Å². The average molecular weight is 258 g/mol. The van der Waals surface area contributed by atoms with E-state index in [0.29, 0.717) is 32.2 Å². The van der Waals surface area contributed by atoms with E-state index in [9.17, 15) is 4.79 Å². The summed E-state index contributed by atoms with van der Waals surface area (Å²) in [6.07, 6.45) is 2.76. The summed E-state index contributed by atoms with van der Waals surface area (Å²) in [5.74, 6) is 0.494. The highest BCUT2D eigenvalue weighted by Crippen LogP contribution is 2.30. The largest absolute Gasteiger partial charge is 0.351 e. The lowest BCUT2D eigenvalue weighted by atomic mass is 9.95. The van der Waals surface area contributed by atoms with E-state index in [4.69, 9.17) is 15.2 Å². The Kier molecular flexibility index (Phi) is 7.23. The summed E-state index contributed by atoms with van der Waals surface area (Å²) >= 11 is 0. The number of carbonyl (C=O) groups excluding carboxylic acids is 1. The highest BCUT2D eigenvalue weighted by atomic mass is 16.7. The second-order valence-corrected chi connectivity index (χ2v) is 4.62. The van der Waals surface area contributed by atoms with Crippen LogP contribution in [0.2, 0.25) is 0 Å². The smallest absolute Gasteiger partial charge is 0.223 e. The molecule has 3 N–H and O–H groups in total. The molecule has 0 aliphatic heterocycles. The van der Waals surface area contributed by atoms with Gasteiger partial charge >= 0.3 is 0 Å². The maximum absolute atomic E-state index is 12.0. The van der Waals surface area contributed by atoms with Crippen molar-refractivity contribution in [3.05, 3.63) is 0 Å². The number of carbonyl (C=O) groups is 1. The lowest BCUT2D eigenvalue weighted by molar-refractivity contribution is -0.142.